The smallest absolute Gasteiger partial charge is 0.221 e. The Morgan fingerprint density at radius 1 is 1.20 bits per heavy atom. The number of nitrogens with one attached hydrogen (secondary N) is 2. The van der Waals surface area contributed by atoms with Crippen molar-refractivity contribution in [1.29, 1.82) is 0 Å². The van der Waals surface area contributed by atoms with Crippen molar-refractivity contribution in [2.75, 3.05) is 34.0 Å². The Morgan fingerprint density at radius 2 is 1.93 bits per heavy atom. The van der Waals surface area contributed by atoms with Crippen LogP contribution in [-0.2, 0) is 16.1 Å². The number of halogens is 2. The number of carbonyl (C=O) groups excluding carboxylic acids is 1. The number of morpholine rings is 1. The van der Waals surface area contributed by atoms with E-state index >= 15 is 0 Å². The van der Waals surface area contributed by atoms with Crippen LogP contribution < -0.4 is 24.8 Å². The van der Waals surface area contributed by atoms with Gasteiger partial charge in [-0.3, -0.25) is 4.79 Å². The van der Waals surface area contributed by atoms with Crippen LogP contribution in [0.2, 0.25) is 0 Å². The molecule has 1 aliphatic rings. The van der Waals surface area contributed by atoms with Crippen molar-refractivity contribution in [3.8, 4) is 23.1 Å². The summed E-state index contributed by atoms with van der Waals surface area (Å²) in [5.74, 6) is 1.95. The van der Waals surface area contributed by atoms with Gasteiger partial charge in [-0.25, -0.2) is 4.98 Å². The van der Waals surface area contributed by atoms with Gasteiger partial charge in [-0.2, -0.15) is 0 Å². The fourth-order valence-electron chi connectivity index (χ4n) is 2.85. The number of methoxy groups -OCH3 is 2. The topological polar surface area (TPSA) is 90.9 Å². The Balaban J connectivity index is 0.00000225. The fourth-order valence-corrected chi connectivity index (χ4v) is 2.85. The monoisotopic (exact) mass is 459 g/mol. The van der Waals surface area contributed by atoms with Crippen LogP contribution in [0, 0.1) is 0 Å². The molecule has 1 saturated heterocycles. The number of amides is 1. The Kier molecular flexibility index (Phi) is 11.3. The minimum atomic E-state index is -0.0258. The molecule has 3 rings (SSSR count). The number of rotatable bonds is 8. The van der Waals surface area contributed by atoms with Gasteiger partial charge in [0, 0.05) is 37.8 Å². The molecule has 2 N–H and O–H groups in total. The molecule has 1 unspecified atom stereocenters. The zero-order valence-electron chi connectivity index (χ0n) is 16.9. The van der Waals surface area contributed by atoms with Gasteiger partial charge in [0.1, 0.15) is 0 Å². The molecule has 30 heavy (non-hydrogen) atoms. The third-order valence-electron chi connectivity index (χ3n) is 4.31. The van der Waals surface area contributed by atoms with Crippen molar-refractivity contribution in [3.63, 3.8) is 0 Å². The molecule has 8 nitrogen and oxygen atoms in total. The first-order chi connectivity index (χ1) is 13.7. The summed E-state index contributed by atoms with van der Waals surface area (Å²) in [5.41, 5.74) is 0.876. The molecule has 1 aliphatic heterocycles. The Morgan fingerprint density at radius 3 is 2.50 bits per heavy atom. The van der Waals surface area contributed by atoms with Crippen molar-refractivity contribution in [2.45, 2.75) is 19.0 Å². The summed E-state index contributed by atoms with van der Waals surface area (Å²) in [5, 5.41) is 6.16. The average Bonchev–Trinajstić information content (AvgIpc) is 2.74. The van der Waals surface area contributed by atoms with Crippen LogP contribution in [0.5, 0.6) is 23.1 Å². The van der Waals surface area contributed by atoms with Gasteiger partial charge < -0.3 is 29.6 Å². The quantitative estimate of drug-likeness (QED) is 0.626. The third-order valence-corrected chi connectivity index (χ3v) is 4.31. The van der Waals surface area contributed by atoms with Gasteiger partial charge in [0.2, 0.25) is 17.5 Å². The summed E-state index contributed by atoms with van der Waals surface area (Å²) >= 11 is 0. The highest BCUT2D eigenvalue weighted by Gasteiger charge is 2.17. The largest absolute Gasteiger partial charge is 0.493 e. The van der Waals surface area contributed by atoms with Crippen molar-refractivity contribution in [2.24, 2.45) is 0 Å². The van der Waals surface area contributed by atoms with E-state index in [1.165, 1.54) is 0 Å². The summed E-state index contributed by atoms with van der Waals surface area (Å²) < 4.78 is 21.8. The summed E-state index contributed by atoms with van der Waals surface area (Å²) in [6, 6.07) is 9.05. The van der Waals surface area contributed by atoms with Crippen LogP contribution >= 0.6 is 24.8 Å². The number of hydrogen-bond acceptors (Lipinski definition) is 7. The SMILES string of the molecule is COc1cccc(OC)c1Oc1ccc(CNC(=O)CC2COCCN2)cn1.Cl.Cl. The molecule has 166 valence electrons. The average molecular weight is 460 g/mol. The number of hydrogen-bond donors (Lipinski definition) is 2. The highest BCUT2D eigenvalue weighted by atomic mass is 35.5. The molecule has 0 bridgehead atoms. The van der Waals surface area contributed by atoms with Crippen molar-refractivity contribution in [3.05, 3.63) is 42.1 Å². The molecule has 2 heterocycles. The lowest BCUT2D eigenvalue weighted by Crippen LogP contribution is -2.44. The van der Waals surface area contributed by atoms with E-state index in [9.17, 15) is 4.79 Å². The summed E-state index contributed by atoms with van der Waals surface area (Å²) in [6.07, 6.45) is 2.06. The first kappa shape index (κ1) is 25.8. The van der Waals surface area contributed by atoms with E-state index in [1.807, 2.05) is 12.1 Å². The van der Waals surface area contributed by atoms with Gasteiger partial charge in [-0.1, -0.05) is 12.1 Å². The van der Waals surface area contributed by atoms with Crippen LogP contribution in [0.25, 0.3) is 0 Å². The first-order valence-corrected chi connectivity index (χ1v) is 9.11. The predicted molar refractivity (Wildman–Crippen MR) is 117 cm³/mol. The molecule has 0 aliphatic carbocycles. The van der Waals surface area contributed by atoms with Gasteiger partial charge in [0.25, 0.3) is 0 Å². The summed E-state index contributed by atoms with van der Waals surface area (Å²) in [6.45, 7) is 2.43. The maximum atomic E-state index is 12.1. The van der Waals surface area contributed by atoms with Crippen molar-refractivity contribution < 1.29 is 23.7 Å². The van der Waals surface area contributed by atoms with E-state index in [1.54, 1.807) is 38.6 Å². The number of benzene rings is 1. The molecule has 0 spiro atoms. The molecule has 0 radical (unpaired) electrons. The van der Waals surface area contributed by atoms with Gasteiger partial charge in [0.15, 0.2) is 11.5 Å². The molecule has 1 aromatic heterocycles. The van der Waals surface area contributed by atoms with E-state index in [4.69, 9.17) is 18.9 Å². The van der Waals surface area contributed by atoms with E-state index < -0.39 is 0 Å². The van der Waals surface area contributed by atoms with Crippen LogP contribution in [0.1, 0.15) is 12.0 Å². The fraction of sp³-hybridized carbons (Fsp3) is 0.400. The standard InChI is InChI=1S/C20H25N3O5.2ClH/c1-25-16-4-3-5-17(26-2)20(16)28-19-7-6-14(12-23-19)11-22-18(24)10-15-13-27-9-8-21-15;;/h3-7,12,15,21H,8-11,13H2,1-2H3,(H,22,24);2*1H. The van der Waals surface area contributed by atoms with Crippen molar-refractivity contribution in [1.82, 2.24) is 15.6 Å². The molecule has 1 fully saturated rings. The maximum absolute atomic E-state index is 12.1. The number of pyridine rings is 1. The molecule has 1 amide bonds. The van der Waals surface area contributed by atoms with Crippen molar-refractivity contribution >= 4 is 30.7 Å². The van der Waals surface area contributed by atoms with E-state index in [-0.39, 0.29) is 36.8 Å². The van der Waals surface area contributed by atoms with Crippen LogP contribution in [0.3, 0.4) is 0 Å². The highest BCUT2D eigenvalue weighted by Crippen LogP contribution is 2.39. The van der Waals surface area contributed by atoms with Crippen LogP contribution in [0.4, 0.5) is 0 Å². The molecule has 0 saturated carbocycles. The van der Waals surface area contributed by atoms with E-state index in [0.29, 0.717) is 49.3 Å². The Labute approximate surface area is 188 Å². The molecule has 1 atom stereocenters. The van der Waals surface area contributed by atoms with E-state index in [0.717, 1.165) is 12.1 Å². The first-order valence-electron chi connectivity index (χ1n) is 9.11. The summed E-state index contributed by atoms with van der Waals surface area (Å²) in [4.78, 5) is 16.4. The highest BCUT2D eigenvalue weighted by molar-refractivity contribution is 5.85. The van der Waals surface area contributed by atoms with Gasteiger partial charge >= 0.3 is 0 Å². The number of ether oxygens (including phenoxy) is 4. The molecule has 10 heteroatoms. The summed E-state index contributed by atoms with van der Waals surface area (Å²) in [7, 11) is 3.13. The number of para-hydroxylation sites is 1. The number of aromatic nitrogens is 1. The maximum Gasteiger partial charge on any atom is 0.221 e. The van der Waals surface area contributed by atoms with E-state index in [2.05, 4.69) is 15.6 Å². The molecule has 2 aromatic rings. The van der Waals surface area contributed by atoms with Crippen LogP contribution in [0.15, 0.2) is 36.5 Å². The minimum absolute atomic E-state index is 0. The molecular weight excluding hydrogens is 433 g/mol. The second kappa shape index (κ2) is 13.1. The second-order valence-corrected chi connectivity index (χ2v) is 6.31. The van der Waals surface area contributed by atoms with Gasteiger partial charge in [-0.05, 0) is 17.7 Å². The minimum Gasteiger partial charge on any atom is -0.493 e. The zero-order valence-corrected chi connectivity index (χ0v) is 18.5. The number of nitrogens with zero attached hydrogens (tertiary/aromatic N) is 1. The zero-order chi connectivity index (χ0) is 19.8. The van der Waals surface area contributed by atoms with Crippen LogP contribution in [-0.4, -0.2) is 50.9 Å². The lowest BCUT2D eigenvalue weighted by molar-refractivity contribution is -0.122. The predicted octanol–water partition coefficient (Wildman–Crippen LogP) is 2.73. The van der Waals surface area contributed by atoms with Gasteiger partial charge in [0.05, 0.1) is 27.4 Å². The lowest BCUT2D eigenvalue weighted by atomic mass is 10.2. The number of carbonyl (C=O) groups is 1. The lowest BCUT2D eigenvalue weighted by Gasteiger charge is -2.23. The Bertz CT molecular complexity index is 764. The third kappa shape index (κ3) is 7.21. The molecular formula is C20H27Cl2N3O5. The van der Waals surface area contributed by atoms with Gasteiger partial charge in [-0.15, -0.1) is 24.8 Å². The Hall–Kier alpha value is -2.26. The normalized spacial score (nSPS) is 15.2. The molecule has 1 aromatic carbocycles. The second-order valence-electron chi connectivity index (χ2n) is 6.31.